The van der Waals surface area contributed by atoms with Crippen LogP contribution in [0.3, 0.4) is 0 Å². The molecule has 0 N–H and O–H groups in total. The first kappa shape index (κ1) is 12.8. The number of hydrogen-bond acceptors (Lipinski definition) is 4. The number of nitro benzene ring substituents is 1. The highest BCUT2D eigenvalue weighted by molar-refractivity contribution is 6.32. The van der Waals surface area contributed by atoms with Crippen LogP contribution in [-0.2, 0) is 4.79 Å². The van der Waals surface area contributed by atoms with E-state index in [0.29, 0.717) is 0 Å². The van der Waals surface area contributed by atoms with Crippen molar-refractivity contribution in [2.75, 3.05) is 0 Å². The van der Waals surface area contributed by atoms with Crippen molar-refractivity contribution in [2.24, 2.45) is 5.41 Å². The van der Waals surface area contributed by atoms with Crippen LogP contribution < -0.4 is 4.74 Å². The van der Waals surface area contributed by atoms with Crippen LogP contribution >= 0.6 is 11.6 Å². The summed E-state index contributed by atoms with van der Waals surface area (Å²) in [5.74, 6) is 0.122. The average Bonchev–Trinajstić information content (AvgIpc) is 2.30. The van der Waals surface area contributed by atoms with Crippen molar-refractivity contribution in [3.63, 3.8) is 0 Å². The Morgan fingerprint density at radius 1 is 1.50 bits per heavy atom. The minimum absolute atomic E-state index is 0.0368. The number of carbonyl (C=O) groups is 1. The van der Waals surface area contributed by atoms with Crippen molar-refractivity contribution < 1.29 is 14.5 Å². The molecule has 1 unspecified atom stereocenters. The Hall–Kier alpha value is -1.62. The second-order valence-electron chi connectivity index (χ2n) is 4.80. The number of hydrogen-bond donors (Lipinski definition) is 0. The van der Waals surface area contributed by atoms with Crippen LogP contribution in [0.15, 0.2) is 18.2 Å². The fraction of sp³-hybridized carbons (Fsp3) is 0.417. The average molecular weight is 270 g/mol. The molecular weight excluding hydrogens is 258 g/mol. The summed E-state index contributed by atoms with van der Waals surface area (Å²) >= 11 is 5.91. The highest BCUT2D eigenvalue weighted by Gasteiger charge is 2.50. The predicted molar refractivity (Wildman–Crippen MR) is 65.9 cm³/mol. The van der Waals surface area contributed by atoms with Crippen molar-refractivity contribution >= 4 is 23.1 Å². The molecule has 1 atom stereocenters. The summed E-state index contributed by atoms with van der Waals surface area (Å²) in [5.41, 5.74) is -0.801. The Bertz CT molecular complexity index is 527. The summed E-state index contributed by atoms with van der Waals surface area (Å²) in [4.78, 5) is 21.8. The van der Waals surface area contributed by atoms with E-state index in [4.69, 9.17) is 16.3 Å². The maximum atomic E-state index is 11.4. The van der Waals surface area contributed by atoms with E-state index in [1.807, 2.05) is 0 Å². The topological polar surface area (TPSA) is 69.4 Å². The van der Waals surface area contributed by atoms with Crippen LogP contribution in [0.2, 0.25) is 5.02 Å². The summed E-state index contributed by atoms with van der Waals surface area (Å²) < 4.78 is 5.56. The van der Waals surface area contributed by atoms with Crippen molar-refractivity contribution in [2.45, 2.75) is 26.4 Å². The number of ketones is 1. The van der Waals surface area contributed by atoms with Crippen molar-refractivity contribution in [3.05, 3.63) is 33.3 Å². The van der Waals surface area contributed by atoms with Crippen LogP contribution in [-0.4, -0.2) is 16.8 Å². The summed E-state index contributed by atoms with van der Waals surface area (Å²) in [6.07, 6.45) is -0.112. The molecule has 0 saturated heterocycles. The van der Waals surface area contributed by atoms with E-state index < -0.39 is 10.3 Å². The van der Waals surface area contributed by atoms with E-state index >= 15 is 0 Å². The quantitative estimate of drug-likeness (QED) is 0.625. The first-order valence-electron chi connectivity index (χ1n) is 5.47. The standard InChI is InChI=1S/C12H12ClNO4/c1-12(2)9(15)6-10(12)18-11-7(13)4-3-5-8(11)14(16)17/h3-5,10H,6H2,1-2H3. The normalized spacial score (nSPS) is 21.3. The minimum atomic E-state index is -0.618. The SMILES string of the molecule is CC1(C)C(=O)CC1Oc1c(Cl)cccc1[N+](=O)[O-]. The van der Waals surface area contributed by atoms with Crippen LogP contribution in [0.1, 0.15) is 20.3 Å². The Morgan fingerprint density at radius 2 is 2.17 bits per heavy atom. The number of carbonyl (C=O) groups excluding carboxylic acids is 1. The Balaban J connectivity index is 2.30. The van der Waals surface area contributed by atoms with E-state index in [9.17, 15) is 14.9 Å². The first-order valence-corrected chi connectivity index (χ1v) is 5.84. The van der Waals surface area contributed by atoms with Gasteiger partial charge in [-0.2, -0.15) is 0 Å². The fourth-order valence-electron chi connectivity index (χ4n) is 1.82. The number of rotatable bonds is 3. The molecule has 6 heteroatoms. The van der Waals surface area contributed by atoms with Gasteiger partial charge < -0.3 is 4.74 Å². The monoisotopic (exact) mass is 269 g/mol. The smallest absolute Gasteiger partial charge is 0.312 e. The van der Waals surface area contributed by atoms with E-state index in [1.165, 1.54) is 18.2 Å². The molecule has 0 bridgehead atoms. The molecule has 0 spiro atoms. The van der Waals surface area contributed by atoms with Crippen molar-refractivity contribution in [3.8, 4) is 5.75 Å². The molecule has 0 aromatic heterocycles. The van der Waals surface area contributed by atoms with Gasteiger partial charge in [0.2, 0.25) is 5.75 Å². The number of Topliss-reactive ketones (excluding diaryl/α,β-unsaturated/α-hetero) is 1. The second-order valence-corrected chi connectivity index (χ2v) is 5.21. The van der Waals surface area contributed by atoms with Gasteiger partial charge >= 0.3 is 5.69 Å². The zero-order valence-electron chi connectivity index (χ0n) is 9.97. The van der Waals surface area contributed by atoms with Crippen molar-refractivity contribution in [1.29, 1.82) is 0 Å². The number of ether oxygens (including phenoxy) is 1. The molecule has 18 heavy (non-hydrogen) atoms. The number of benzene rings is 1. The second kappa shape index (κ2) is 4.24. The van der Waals surface area contributed by atoms with Gasteiger partial charge in [-0.1, -0.05) is 17.7 Å². The minimum Gasteiger partial charge on any atom is -0.481 e. The van der Waals surface area contributed by atoms with Gasteiger partial charge in [-0.15, -0.1) is 0 Å². The molecule has 2 rings (SSSR count). The lowest BCUT2D eigenvalue weighted by Gasteiger charge is -2.41. The summed E-state index contributed by atoms with van der Waals surface area (Å²) in [7, 11) is 0. The van der Waals surface area contributed by atoms with E-state index in [0.717, 1.165) is 0 Å². The molecule has 0 heterocycles. The van der Waals surface area contributed by atoms with Gasteiger partial charge in [-0.3, -0.25) is 14.9 Å². The van der Waals surface area contributed by atoms with E-state index in [1.54, 1.807) is 13.8 Å². The molecule has 0 aliphatic heterocycles. The third-order valence-electron chi connectivity index (χ3n) is 3.30. The Labute approximate surface area is 109 Å². The van der Waals surface area contributed by atoms with Crippen LogP contribution in [0.4, 0.5) is 5.69 Å². The maximum absolute atomic E-state index is 11.4. The highest BCUT2D eigenvalue weighted by Crippen LogP contribution is 2.43. The Morgan fingerprint density at radius 3 is 2.67 bits per heavy atom. The number of nitro groups is 1. The molecular formula is C12H12ClNO4. The third kappa shape index (κ3) is 1.95. The van der Waals surface area contributed by atoms with Gasteiger partial charge in [0.05, 0.1) is 15.4 Å². The van der Waals surface area contributed by atoms with Crippen molar-refractivity contribution in [1.82, 2.24) is 0 Å². The Kier molecular flexibility index (Phi) is 3.02. The molecule has 0 radical (unpaired) electrons. The molecule has 1 aliphatic carbocycles. The number of para-hydroxylation sites is 1. The molecule has 5 nitrogen and oxygen atoms in total. The third-order valence-corrected chi connectivity index (χ3v) is 3.60. The van der Waals surface area contributed by atoms with E-state index in [2.05, 4.69) is 0 Å². The van der Waals surface area contributed by atoms with Crippen LogP contribution in [0.25, 0.3) is 0 Å². The van der Waals surface area contributed by atoms with Gasteiger partial charge in [0, 0.05) is 12.5 Å². The molecule has 1 aromatic rings. The lowest BCUT2D eigenvalue weighted by Crippen LogP contribution is -2.53. The first-order chi connectivity index (χ1) is 8.34. The van der Waals surface area contributed by atoms with Gasteiger partial charge in [0.15, 0.2) is 0 Å². The van der Waals surface area contributed by atoms with Gasteiger partial charge in [0.25, 0.3) is 0 Å². The lowest BCUT2D eigenvalue weighted by atomic mass is 9.68. The van der Waals surface area contributed by atoms with Gasteiger partial charge in [-0.25, -0.2) is 0 Å². The molecule has 1 aromatic carbocycles. The zero-order chi connectivity index (χ0) is 13.5. The van der Waals surface area contributed by atoms with Gasteiger partial charge in [0.1, 0.15) is 11.9 Å². The number of halogens is 1. The predicted octanol–water partition coefficient (Wildman–Crippen LogP) is 2.99. The van der Waals surface area contributed by atoms with Gasteiger partial charge in [-0.05, 0) is 19.9 Å². The molecule has 1 fully saturated rings. The summed E-state index contributed by atoms with van der Waals surface area (Å²) in [6, 6.07) is 4.34. The van der Waals surface area contributed by atoms with Crippen LogP contribution in [0.5, 0.6) is 5.75 Å². The number of nitrogens with zero attached hydrogens (tertiary/aromatic N) is 1. The fourth-order valence-corrected chi connectivity index (χ4v) is 2.04. The molecule has 0 amide bonds. The van der Waals surface area contributed by atoms with Crippen LogP contribution in [0, 0.1) is 15.5 Å². The summed E-state index contributed by atoms with van der Waals surface area (Å²) in [6.45, 7) is 3.51. The molecule has 96 valence electrons. The summed E-state index contributed by atoms with van der Waals surface area (Å²) in [5, 5.41) is 11.1. The highest BCUT2D eigenvalue weighted by atomic mass is 35.5. The largest absolute Gasteiger partial charge is 0.481 e. The zero-order valence-corrected chi connectivity index (χ0v) is 10.7. The van der Waals surface area contributed by atoms with E-state index in [-0.39, 0.29) is 34.8 Å². The molecule has 1 saturated carbocycles. The lowest BCUT2D eigenvalue weighted by molar-refractivity contribution is -0.386. The molecule has 1 aliphatic rings. The maximum Gasteiger partial charge on any atom is 0.312 e.